The molecule has 2 atom stereocenters. The van der Waals surface area contributed by atoms with Crippen LogP contribution < -0.4 is 5.32 Å². The van der Waals surface area contributed by atoms with Gasteiger partial charge in [-0.25, -0.2) is 0 Å². The third kappa shape index (κ3) is 6.75. The Morgan fingerprint density at radius 3 is 2.56 bits per heavy atom. The molecule has 1 aliphatic rings. The molecule has 1 N–H and O–H groups in total. The normalized spacial score (nSPS) is 20.2. The van der Waals surface area contributed by atoms with Crippen LogP contribution in [0.5, 0.6) is 0 Å². The van der Waals surface area contributed by atoms with Crippen molar-refractivity contribution in [2.24, 2.45) is 5.92 Å². The Hall–Kier alpha value is -0.0800. The van der Waals surface area contributed by atoms with E-state index in [1.807, 2.05) is 0 Å². The van der Waals surface area contributed by atoms with E-state index in [1.54, 1.807) is 0 Å². The summed E-state index contributed by atoms with van der Waals surface area (Å²) >= 11 is 0. The molecule has 1 fully saturated rings. The Morgan fingerprint density at radius 1 is 1.22 bits per heavy atom. The summed E-state index contributed by atoms with van der Waals surface area (Å²) in [5, 5.41) is 3.64. The highest BCUT2D eigenvalue weighted by Crippen LogP contribution is 2.18. The van der Waals surface area contributed by atoms with Gasteiger partial charge in [-0.3, -0.25) is 0 Å². The van der Waals surface area contributed by atoms with Gasteiger partial charge in [0.15, 0.2) is 0 Å². The van der Waals surface area contributed by atoms with Gasteiger partial charge in [0, 0.05) is 19.2 Å². The van der Waals surface area contributed by atoms with Gasteiger partial charge in [-0.1, -0.05) is 46.0 Å². The van der Waals surface area contributed by atoms with Crippen molar-refractivity contribution >= 4 is 0 Å². The molecule has 1 aliphatic carbocycles. The van der Waals surface area contributed by atoms with E-state index < -0.39 is 0 Å². The van der Waals surface area contributed by atoms with E-state index >= 15 is 0 Å². The van der Waals surface area contributed by atoms with Crippen molar-refractivity contribution in [1.29, 1.82) is 0 Å². The number of hydrogen-bond donors (Lipinski definition) is 1. The van der Waals surface area contributed by atoms with Gasteiger partial charge >= 0.3 is 0 Å². The first-order valence-corrected chi connectivity index (χ1v) is 8.11. The average Bonchev–Trinajstić information content (AvgIpc) is 2.89. The van der Waals surface area contributed by atoms with Crippen LogP contribution in [0.15, 0.2) is 0 Å². The largest absolute Gasteiger partial charge is 0.377 e. The van der Waals surface area contributed by atoms with Gasteiger partial charge in [-0.05, 0) is 32.1 Å². The Bertz CT molecular complexity index is 190. The minimum Gasteiger partial charge on any atom is -0.377 e. The molecule has 2 nitrogen and oxygen atoms in total. The molecule has 0 aromatic rings. The zero-order chi connectivity index (χ0) is 13.2. The summed E-state index contributed by atoms with van der Waals surface area (Å²) < 4.78 is 5.99. The van der Waals surface area contributed by atoms with Gasteiger partial charge in [-0.15, -0.1) is 0 Å². The number of hydrogen-bond acceptors (Lipinski definition) is 2. The van der Waals surface area contributed by atoms with Crippen LogP contribution in [0.4, 0.5) is 0 Å². The van der Waals surface area contributed by atoms with E-state index in [0.29, 0.717) is 6.10 Å². The molecule has 0 aromatic carbocycles. The Labute approximate surface area is 114 Å². The second-order valence-corrected chi connectivity index (χ2v) is 5.95. The van der Waals surface area contributed by atoms with Crippen LogP contribution in [0.3, 0.4) is 0 Å². The minimum atomic E-state index is 0.362. The third-order valence-corrected chi connectivity index (χ3v) is 4.21. The maximum absolute atomic E-state index is 5.99. The third-order valence-electron chi connectivity index (χ3n) is 4.21. The summed E-state index contributed by atoms with van der Waals surface area (Å²) in [6.45, 7) is 8.72. The van der Waals surface area contributed by atoms with Crippen molar-refractivity contribution in [3.05, 3.63) is 0 Å². The molecule has 0 saturated heterocycles. The number of rotatable bonds is 10. The maximum Gasteiger partial charge on any atom is 0.0671 e. The molecule has 0 heterocycles. The Balaban J connectivity index is 2.04. The highest BCUT2D eigenvalue weighted by molar-refractivity contribution is 4.74. The van der Waals surface area contributed by atoms with E-state index in [1.165, 1.54) is 51.4 Å². The molecule has 1 saturated carbocycles. The number of ether oxygens (including phenoxy) is 1. The molecule has 0 radical (unpaired) electrons. The van der Waals surface area contributed by atoms with E-state index in [4.69, 9.17) is 4.74 Å². The van der Waals surface area contributed by atoms with Crippen LogP contribution in [0.2, 0.25) is 0 Å². The van der Waals surface area contributed by atoms with Crippen LogP contribution in [0.25, 0.3) is 0 Å². The predicted molar refractivity (Wildman–Crippen MR) is 79.0 cm³/mol. The van der Waals surface area contributed by atoms with Gasteiger partial charge in [0.2, 0.25) is 0 Å². The van der Waals surface area contributed by atoms with Crippen molar-refractivity contribution in [2.45, 2.75) is 84.3 Å². The van der Waals surface area contributed by atoms with Gasteiger partial charge in [0.1, 0.15) is 0 Å². The zero-order valence-electron chi connectivity index (χ0n) is 12.7. The SMILES string of the molecule is CCCCC(CC)COC(C)CNC1CCCC1. The molecule has 108 valence electrons. The fourth-order valence-corrected chi connectivity index (χ4v) is 2.72. The molecule has 0 aromatic heterocycles. The Kier molecular flexibility index (Phi) is 8.70. The van der Waals surface area contributed by atoms with Crippen LogP contribution in [0.1, 0.15) is 72.1 Å². The molecule has 0 aliphatic heterocycles. The lowest BCUT2D eigenvalue weighted by atomic mass is 10.0. The fraction of sp³-hybridized carbons (Fsp3) is 1.00. The lowest BCUT2D eigenvalue weighted by Gasteiger charge is -2.21. The van der Waals surface area contributed by atoms with E-state index in [-0.39, 0.29) is 0 Å². The molecule has 1 rings (SSSR count). The number of nitrogens with one attached hydrogen (secondary N) is 1. The highest BCUT2D eigenvalue weighted by Gasteiger charge is 2.15. The fourth-order valence-electron chi connectivity index (χ4n) is 2.72. The predicted octanol–water partition coefficient (Wildman–Crippen LogP) is 4.14. The van der Waals surface area contributed by atoms with Gasteiger partial charge < -0.3 is 10.1 Å². The molecule has 18 heavy (non-hydrogen) atoms. The summed E-state index contributed by atoms with van der Waals surface area (Å²) in [5.74, 6) is 0.763. The van der Waals surface area contributed by atoms with Crippen molar-refractivity contribution in [1.82, 2.24) is 5.32 Å². The van der Waals surface area contributed by atoms with Crippen LogP contribution in [-0.4, -0.2) is 25.3 Å². The topological polar surface area (TPSA) is 21.3 Å². The standard InChI is InChI=1S/C16H33NO/c1-4-6-9-15(5-2)13-18-14(3)12-17-16-10-7-8-11-16/h14-17H,4-13H2,1-3H3. The van der Waals surface area contributed by atoms with Gasteiger partial charge in [-0.2, -0.15) is 0 Å². The monoisotopic (exact) mass is 255 g/mol. The second-order valence-electron chi connectivity index (χ2n) is 5.95. The van der Waals surface area contributed by atoms with Gasteiger partial charge in [0.05, 0.1) is 6.10 Å². The molecule has 0 amide bonds. The minimum absolute atomic E-state index is 0.362. The number of unbranched alkanes of at least 4 members (excludes halogenated alkanes) is 1. The van der Waals surface area contributed by atoms with Crippen molar-refractivity contribution in [2.75, 3.05) is 13.2 Å². The van der Waals surface area contributed by atoms with E-state index in [2.05, 4.69) is 26.1 Å². The summed E-state index contributed by atoms with van der Waals surface area (Å²) in [6, 6.07) is 0.762. The molecule has 2 unspecified atom stereocenters. The first kappa shape index (κ1) is 16.0. The summed E-state index contributed by atoms with van der Waals surface area (Å²) in [7, 11) is 0. The smallest absolute Gasteiger partial charge is 0.0671 e. The first-order valence-electron chi connectivity index (χ1n) is 8.11. The van der Waals surface area contributed by atoms with Crippen LogP contribution >= 0.6 is 0 Å². The quantitative estimate of drug-likeness (QED) is 0.633. The first-order chi connectivity index (χ1) is 8.76. The van der Waals surface area contributed by atoms with E-state index in [0.717, 1.165) is 25.1 Å². The lowest BCUT2D eigenvalue weighted by molar-refractivity contribution is 0.0355. The molecule has 0 bridgehead atoms. The zero-order valence-corrected chi connectivity index (χ0v) is 12.7. The molecular weight excluding hydrogens is 222 g/mol. The van der Waals surface area contributed by atoms with Crippen molar-refractivity contribution < 1.29 is 4.74 Å². The second kappa shape index (κ2) is 9.80. The summed E-state index contributed by atoms with van der Waals surface area (Å²) in [6.07, 6.45) is 11.1. The average molecular weight is 255 g/mol. The van der Waals surface area contributed by atoms with Crippen molar-refractivity contribution in [3.8, 4) is 0 Å². The van der Waals surface area contributed by atoms with Crippen LogP contribution in [-0.2, 0) is 4.74 Å². The van der Waals surface area contributed by atoms with Crippen molar-refractivity contribution in [3.63, 3.8) is 0 Å². The maximum atomic E-state index is 5.99. The van der Waals surface area contributed by atoms with Gasteiger partial charge in [0.25, 0.3) is 0 Å². The Morgan fingerprint density at radius 2 is 1.94 bits per heavy atom. The van der Waals surface area contributed by atoms with E-state index in [9.17, 15) is 0 Å². The molecule has 0 spiro atoms. The molecule has 2 heteroatoms. The summed E-state index contributed by atoms with van der Waals surface area (Å²) in [4.78, 5) is 0. The van der Waals surface area contributed by atoms with Crippen LogP contribution in [0, 0.1) is 5.92 Å². The summed E-state index contributed by atoms with van der Waals surface area (Å²) in [5.41, 5.74) is 0. The lowest BCUT2D eigenvalue weighted by Crippen LogP contribution is -2.34. The highest BCUT2D eigenvalue weighted by atomic mass is 16.5. The molecular formula is C16H33NO.